The molecule has 2 aromatic heterocycles. The van der Waals surface area contributed by atoms with Gasteiger partial charge in [0.05, 0.1) is 5.69 Å². The van der Waals surface area contributed by atoms with Crippen LogP contribution in [0.3, 0.4) is 0 Å². The summed E-state index contributed by atoms with van der Waals surface area (Å²) in [5.74, 6) is -2.81. The lowest BCUT2D eigenvalue weighted by molar-refractivity contribution is -0.277. The van der Waals surface area contributed by atoms with Crippen molar-refractivity contribution in [3.05, 3.63) is 17.5 Å². The lowest BCUT2D eigenvalue weighted by Crippen LogP contribution is -2.42. The Morgan fingerprint density at radius 3 is 2.36 bits per heavy atom. The predicted molar refractivity (Wildman–Crippen MR) is 106 cm³/mol. The molecule has 33 heavy (non-hydrogen) atoms. The van der Waals surface area contributed by atoms with Crippen LogP contribution in [0.15, 0.2) is 10.5 Å². The maximum atomic E-state index is 13.7. The zero-order valence-electron chi connectivity index (χ0n) is 17.6. The van der Waals surface area contributed by atoms with Gasteiger partial charge in [0.15, 0.2) is 5.69 Å². The number of aromatic nitrogens is 3. The van der Waals surface area contributed by atoms with Crippen LogP contribution in [0.4, 0.5) is 32.0 Å². The van der Waals surface area contributed by atoms with Crippen molar-refractivity contribution >= 4 is 18.1 Å². The van der Waals surface area contributed by atoms with E-state index >= 15 is 0 Å². The fourth-order valence-corrected chi connectivity index (χ4v) is 3.41. The number of halogens is 7. The van der Waals surface area contributed by atoms with Crippen LogP contribution in [-0.4, -0.2) is 32.6 Å². The third-order valence-electron chi connectivity index (χ3n) is 5.31. The fourth-order valence-electron chi connectivity index (χ4n) is 3.41. The molecule has 2 atom stereocenters. The Balaban J connectivity index is 0.00000385. The van der Waals surface area contributed by atoms with Crippen molar-refractivity contribution in [3.63, 3.8) is 0 Å². The Hall–Kier alpha value is -2.28. The second-order valence-electron chi connectivity index (χ2n) is 8.05. The lowest BCUT2D eigenvalue weighted by atomic mass is 9.93. The van der Waals surface area contributed by atoms with Crippen LogP contribution in [0.1, 0.15) is 57.4 Å². The van der Waals surface area contributed by atoms with E-state index in [0.717, 1.165) is 0 Å². The molecule has 3 heterocycles. The summed E-state index contributed by atoms with van der Waals surface area (Å²) < 4.78 is 92.3. The summed E-state index contributed by atoms with van der Waals surface area (Å²) in [4.78, 5) is 3.79. The molecule has 0 aliphatic carbocycles. The van der Waals surface area contributed by atoms with Crippen molar-refractivity contribution < 1.29 is 40.6 Å². The van der Waals surface area contributed by atoms with E-state index in [2.05, 4.69) is 15.2 Å². The van der Waals surface area contributed by atoms with Crippen molar-refractivity contribution in [3.8, 4) is 17.5 Å². The van der Waals surface area contributed by atoms with E-state index in [1.165, 1.54) is 0 Å². The van der Waals surface area contributed by atoms with Gasteiger partial charge in [-0.15, -0.1) is 22.6 Å². The summed E-state index contributed by atoms with van der Waals surface area (Å²) in [5.41, 5.74) is 0.00704. The van der Waals surface area contributed by atoms with E-state index < -0.39 is 65.1 Å². The highest BCUT2D eigenvalue weighted by atomic mass is 35.5. The Kier molecular flexibility index (Phi) is 7.79. The van der Waals surface area contributed by atoms with Crippen molar-refractivity contribution in [1.82, 2.24) is 15.2 Å². The predicted octanol–water partition coefficient (Wildman–Crippen LogP) is 5.27. The van der Waals surface area contributed by atoms with Crippen LogP contribution in [0.2, 0.25) is 0 Å². The van der Waals surface area contributed by atoms with E-state index in [1.807, 2.05) is 0 Å². The van der Waals surface area contributed by atoms with Gasteiger partial charge >= 0.3 is 12.4 Å². The van der Waals surface area contributed by atoms with Gasteiger partial charge in [0.25, 0.3) is 11.8 Å². The minimum Gasteiger partial charge on any atom is -0.474 e. The molecule has 1 aliphatic heterocycles. The molecule has 2 aromatic rings. The van der Waals surface area contributed by atoms with Crippen molar-refractivity contribution in [2.45, 2.75) is 70.0 Å². The number of nitrogens with two attached hydrogens (primary N) is 1. The number of rotatable bonds is 1. The molecule has 3 rings (SSSR count). The number of anilines is 1. The molecular weight excluding hydrogens is 482 g/mol. The summed E-state index contributed by atoms with van der Waals surface area (Å²) in [6.45, 7) is 3.48. The molecule has 0 spiro atoms. The van der Waals surface area contributed by atoms with Crippen molar-refractivity contribution in [2.75, 3.05) is 5.73 Å². The second-order valence-corrected chi connectivity index (χ2v) is 8.05. The number of aliphatic hydroxyl groups is 1. The van der Waals surface area contributed by atoms with Gasteiger partial charge in [0.2, 0.25) is 11.5 Å². The number of hydrogen-bond donors (Lipinski definition) is 2. The first-order valence-electron chi connectivity index (χ1n) is 9.92. The van der Waals surface area contributed by atoms with Crippen LogP contribution >= 0.6 is 12.4 Å². The smallest absolute Gasteiger partial charge is 0.426 e. The Bertz CT molecular complexity index is 966. The van der Waals surface area contributed by atoms with E-state index in [1.54, 1.807) is 13.8 Å². The lowest BCUT2D eigenvalue weighted by Gasteiger charge is -2.27. The van der Waals surface area contributed by atoms with E-state index in [0.29, 0.717) is 12.5 Å². The van der Waals surface area contributed by atoms with Gasteiger partial charge in [-0.2, -0.15) is 26.3 Å². The van der Waals surface area contributed by atoms with Crippen LogP contribution in [0.5, 0.6) is 5.88 Å². The number of hydrogen-bond acceptors (Lipinski definition) is 7. The topological polar surface area (TPSA) is 107 Å². The van der Waals surface area contributed by atoms with Gasteiger partial charge in [-0.25, -0.2) is 4.98 Å². The first-order valence-corrected chi connectivity index (χ1v) is 9.92. The number of fused-ring (bicyclic) bond motifs is 5. The average Bonchev–Trinajstić information content (AvgIpc) is 3.15. The summed E-state index contributed by atoms with van der Waals surface area (Å²) >= 11 is 0. The van der Waals surface area contributed by atoms with Crippen molar-refractivity contribution in [2.24, 2.45) is 5.92 Å². The standard InChI is InChI=1S/C19H22F6N4O3.ClH/c1-9(2)12-6-4-3-5-7-17(30,19(23,24)25)16-29-28-15(32-16)13-11(26)8-10(18(20,21)22)14(27-13)31-12;/h8-9,12,30H,3-7,26H2,1-2H3;1H/t12?,17-;/m1./s1. The Labute approximate surface area is 191 Å². The number of nitrogens with zero attached hydrogens (tertiary/aromatic N) is 3. The monoisotopic (exact) mass is 504 g/mol. The number of pyridine rings is 1. The molecule has 0 aromatic carbocycles. The molecule has 186 valence electrons. The van der Waals surface area contributed by atoms with Crippen LogP contribution in [-0.2, 0) is 11.8 Å². The van der Waals surface area contributed by atoms with Gasteiger partial charge in [0, 0.05) is 0 Å². The normalized spacial score (nSPS) is 22.3. The summed E-state index contributed by atoms with van der Waals surface area (Å²) in [6, 6.07) is 0.556. The minimum absolute atomic E-state index is 0. The first kappa shape index (κ1) is 27.0. The number of ether oxygens (including phenoxy) is 1. The van der Waals surface area contributed by atoms with Gasteiger partial charge in [-0.3, -0.25) is 0 Å². The summed E-state index contributed by atoms with van der Waals surface area (Å²) in [7, 11) is 0. The zero-order valence-corrected chi connectivity index (χ0v) is 18.4. The molecule has 3 N–H and O–H groups in total. The quantitative estimate of drug-likeness (QED) is 0.509. The third-order valence-corrected chi connectivity index (χ3v) is 5.31. The zero-order chi connectivity index (χ0) is 23.9. The average molecular weight is 505 g/mol. The summed E-state index contributed by atoms with van der Waals surface area (Å²) in [6.07, 6.45) is -10.5. The van der Waals surface area contributed by atoms with E-state index in [4.69, 9.17) is 14.9 Å². The highest BCUT2D eigenvalue weighted by Gasteiger charge is 2.58. The molecule has 4 bridgehead atoms. The van der Waals surface area contributed by atoms with Gasteiger partial charge < -0.3 is 20.0 Å². The fraction of sp³-hybridized carbons (Fsp3) is 0.632. The Morgan fingerprint density at radius 1 is 1.12 bits per heavy atom. The molecule has 1 unspecified atom stereocenters. The molecule has 1 aliphatic rings. The molecule has 14 heteroatoms. The molecule has 0 amide bonds. The van der Waals surface area contributed by atoms with Gasteiger partial charge in [-0.1, -0.05) is 20.3 Å². The molecule has 0 fully saturated rings. The van der Waals surface area contributed by atoms with E-state index in [-0.39, 0.29) is 37.6 Å². The maximum Gasteiger partial charge on any atom is 0.426 e. The number of alkyl halides is 6. The maximum absolute atomic E-state index is 13.7. The molecule has 0 radical (unpaired) electrons. The SMILES string of the molecule is CC(C)C1CCCCC[C@](O)(C(F)(F)F)c2nnc(o2)-c2nc(c(C(F)(F)F)cc2N)O1.Cl. The summed E-state index contributed by atoms with van der Waals surface area (Å²) in [5, 5.41) is 17.1. The molecular formula is C19H23ClF6N4O3. The Morgan fingerprint density at radius 2 is 1.79 bits per heavy atom. The van der Waals surface area contributed by atoms with Crippen LogP contribution in [0.25, 0.3) is 11.6 Å². The van der Waals surface area contributed by atoms with E-state index in [9.17, 15) is 31.4 Å². The van der Waals surface area contributed by atoms with Crippen LogP contribution < -0.4 is 10.5 Å². The first-order chi connectivity index (χ1) is 14.7. The molecule has 0 saturated heterocycles. The minimum atomic E-state index is -5.12. The second kappa shape index (κ2) is 9.53. The largest absolute Gasteiger partial charge is 0.474 e. The molecule has 0 saturated carbocycles. The van der Waals surface area contributed by atoms with Gasteiger partial charge in [-0.05, 0) is 37.7 Å². The highest BCUT2D eigenvalue weighted by molar-refractivity contribution is 5.85. The van der Waals surface area contributed by atoms with Gasteiger partial charge in [0.1, 0.15) is 11.7 Å². The number of nitrogen functional groups attached to an aromatic ring is 1. The van der Waals surface area contributed by atoms with Crippen molar-refractivity contribution in [1.29, 1.82) is 0 Å². The highest BCUT2D eigenvalue weighted by Crippen LogP contribution is 2.44. The molecule has 7 nitrogen and oxygen atoms in total. The third kappa shape index (κ3) is 5.45. The van der Waals surface area contributed by atoms with Crippen LogP contribution in [0, 0.1) is 5.92 Å².